The van der Waals surface area contributed by atoms with Crippen LogP contribution in [-0.4, -0.2) is 64.3 Å². The lowest BCUT2D eigenvalue weighted by Gasteiger charge is -2.21. The van der Waals surface area contributed by atoms with Crippen LogP contribution in [0.4, 0.5) is 0 Å². The lowest BCUT2D eigenvalue weighted by Crippen LogP contribution is -2.45. The number of halogens is 1. The normalized spacial score (nSPS) is 19.0. The molecular formula is C22H35IN4O4. The summed E-state index contributed by atoms with van der Waals surface area (Å²) in [4.78, 5) is 19.0. The molecule has 1 unspecified atom stereocenters. The fourth-order valence-corrected chi connectivity index (χ4v) is 4.32. The molecule has 1 saturated carbocycles. The molecule has 9 heteroatoms. The number of rotatable bonds is 7. The third kappa shape index (κ3) is 6.30. The number of nitrogens with zero attached hydrogens (tertiary/aromatic N) is 2. The van der Waals surface area contributed by atoms with Crippen molar-refractivity contribution >= 4 is 35.8 Å². The zero-order valence-electron chi connectivity index (χ0n) is 18.9. The Morgan fingerprint density at radius 3 is 2.29 bits per heavy atom. The second-order valence-electron chi connectivity index (χ2n) is 7.85. The number of amides is 1. The van der Waals surface area contributed by atoms with Crippen LogP contribution in [-0.2, 0) is 11.3 Å². The van der Waals surface area contributed by atoms with Gasteiger partial charge in [0.2, 0.25) is 11.7 Å². The summed E-state index contributed by atoms with van der Waals surface area (Å²) in [6, 6.07) is 4.04. The Kier molecular flexibility index (Phi) is 9.98. The highest BCUT2D eigenvalue weighted by molar-refractivity contribution is 14.0. The molecule has 1 saturated heterocycles. The van der Waals surface area contributed by atoms with E-state index in [9.17, 15) is 4.79 Å². The minimum Gasteiger partial charge on any atom is -0.493 e. The number of hydrogen-bond donors (Lipinski definition) is 2. The van der Waals surface area contributed by atoms with Crippen molar-refractivity contribution in [3.63, 3.8) is 0 Å². The molecular weight excluding hydrogens is 511 g/mol. The van der Waals surface area contributed by atoms with Crippen molar-refractivity contribution in [2.24, 2.45) is 10.9 Å². The molecule has 1 aliphatic carbocycles. The summed E-state index contributed by atoms with van der Waals surface area (Å²) >= 11 is 0. The number of ether oxygens (including phenoxy) is 3. The highest BCUT2D eigenvalue weighted by Crippen LogP contribution is 2.38. The summed E-state index contributed by atoms with van der Waals surface area (Å²) in [5, 5.41) is 6.78. The molecule has 1 aliphatic heterocycles. The van der Waals surface area contributed by atoms with E-state index in [2.05, 4.69) is 15.6 Å². The van der Waals surface area contributed by atoms with Gasteiger partial charge in [-0.2, -0.15) is 0 Å². The number of benzene rings is 1. The number of methoxy groups -OCH3 is 3. The van der Waals surface area contributed by atoms with Gasteiger partial charge < -0.3 is 29.7 Å². The number of nitrogens with one attached hydrogen (secondary N) is 2. The minimum absolute atomic E-state index is 0. The van der Waals surface area contributed by atoms with Gasteiger partial charge in [0.25, 0.3) is 0 Å². The summed E-state index contributed by atoms with van der Waals surface area (Å²) in [6.07, 6.45) is 5.40. The van der Waals surface area contributed by atoms with Crippen LogP contribution in [0.3, 0.4) is 0 Å². The first-order valence-electron chi connectivity index (χ1n) is 10.6. The Balaban J connectivity index is 0.00000341. The molecule has 2 aliphatic rings. The second kappa shape index (κ2) is 12.2. The maximum Gasteiger partial charge on any atom is 0.225 e. The zero-order chi connectivity index (χ0) is 21.5. The first-order chi connectivity index (χ1) is 14.6. The third-order valence-electron chi connectivity index (χ3n) is 5.95. The monoisotopic (exact) mass is 546 g/mol. The lowest BCUT2D eigenvalue weighted by molar-refractivity contribution is -0.134. The van der Waals surface area contributed by atoms with Gasteiger partial charge in [0.05, 0.1) is 21.3 Å². The highest BCUT2D eigenvalue weighted by atomic mass is 127. The standard InChI is InChI=1S/C22H34N4O4.HI/c1-23-22(24-13-15-11-18(28-2)20(30-4)19(12-15)29-3)25-17-9-10-26(14-17)21(27)16-7-5-6-8-16;/h11-12,16-17H,5-10,13-14H2,1-4H3,(H2,23,24,25);1H. The molecule has 1 heterocycles. The van der Waals surface area contributed by atoms with E-state index in [0.717, 1.165) is 37.9 Å². The molecule has 2 fully saturated rings. The molecule has 1 atom stereocenters. The van der Waals surface area contributed by atoms with Crippen LogP contribution in [0, 0.1) is 5.92 Å². The van der Waals surface area contributed by atoms with Gasteiger partial charge in [-0.3, -0.25) is 9.79 Å². The van der Waals surface area contributed by atoms with E-state index in [0.29, 0.717) is 35.7 Å². The van der Waals surface area contributed by atoms with Crippen LogP contribution in [0.2, 0.25) is 0 Å². The number of hydrogen-bond acceptors (Lipinski definition) is 5. The van der Waals surface area contributed by atoms with Crippen LogP contribution in [0.15, 0.2) is 17.1 Å². The predicted octanol–water partition coefficient (Wildman–Crippen LogP) is 2.79. The van der Waals surface area contributed by atoms with E-state index in [4.69, 9.17) is 14.2 Å². The van der Waals surface area contributed by atoms with E-state index in [1.54, 1.807) is 28.4 Å². The molecule has 0 radical (unpaired) electrons. The summed E-state index contributed by atoms with van der Waals surface area (Å²) in [5.41, 5.74) is 0.983. The van der Waals surface area contributed by atoms with Gasteiger partial charge in [-0.05, 0) is 37.0 Å². The van der Waals surface area contributed by atoms with Gasteiger partial charge in [0.1, 0.15) is 0 Å². The Labute approximate surface area is 202 Å². The largest absolute Gasteiger partial charge is 0.493 e. The van der Waals surface area contributed by atoms with Crippen molar-refractivity contribution in [3.8, 4) is 17.2 Å². The molecule has 1 aromatic carbocycles. The lowest BCUT2D eigenvalue weighted by atomic mass is 10.1. The molecule has 8 nitrogen and oxygen atoms in total. The van der Waals surface area contributed by atoms with Crippen LogP contribution in [0.1, 0.15) is 37.7 Å². The van der Waals surface area contributed by atoms with Gasteiger partial charge in [0.15, 0.2) is 17.5 Å². The molecule has 174 valence electrons. The SMILES string of the molecule is CN=C(NCc1cc(OC)c(OC)c(OC)c1)NC1CCN(C(=O)C2CCCC2)C1.I. The number of carbonyl (C=O) groups excluding carboxylic acids is 1. The Hall–Kier alpha value is -1.91. The van der Waals surface area contributed by atoms with Crippen molar-refractivity contribution in [2.45, 2.75) is 44.7 Å². The van der Waals surface area contributed by atoms with Gasteiger partial charge in [-0.1, -0.05) is 12.8 Å². The van der Waals surface area contributed by atoms with E-state index in [1.807, 2.05) is 17.0 Å². The van der Waals surface area contributed by atoms with Crippen LogP contribution >= 0.6 is 24.0 Å². The average Bonchev–Trinajstić information content (AvgIpc) is 3.47. The minimum atomic E-state index is 0. The van der Waals surface area contributed by atoms with Crippen molar-refractivity contribution in [1.82, 2.24) is 15.5 Å². The zero-order valence-corrected chi connectivity index (χ0v) is 21.2. The summed E-state index contributed by atoms with van der Waals surface area (Å²) in [6.45, 7) is 2.10. The average molecular weight is 546 g/mol. The summed E-state index contributed by atoms with van der Waals surface area (Å²) < 4.78 is 16.2. The van der Waals surface area contributed by atoms with Gasteiger partial charge in [-0.15, -0.1) is 24.0 Å². The fraction of sp³-hybridized carbons (Fsp3) is 0.636. The van der Waals surface area contributed by atoms with E-state index >= 15 is 0 Å². The number of likely N-dealkylation sites (tertiary alicyclic amines) is 1. The van der Waals surface area contributed by atoms with E-state index in [-0.39, 0.29) is 35.9 Å². The van der Waals surface area contributed by atoms with E-state index in [1.165, 1.54) is 12.8 Å². The summed E-state index contributed by atoms with van der Waals surface area (Å²) in [7, 11) is 6.55. The van der Waals surface area contributed by atoms with Crippen molar-refractivity contribution in [3.05, 3.63) is 17.7 Å². The summed E-state index contributed by atoms with van der Waals surface area (Å²) in [5.74, 6) is 3.09. The fourth-order valence-electron chi connectivity index (χ4n) is 4.32. The smallest absolute Gasteiger partial charge is 0.225 e. The first kappa shape index (κ1) is 25.4. The Bertz CT molecular complexity index is 743. The third-order valence-corrected chi connectivity index (χ3v) is 5.95. The van der Waals surface area contributed by atoms with Crippen molar-refractivity contribution in [1.29, 1.82) is 0 Å². The molecule has 2 N–H and O–H groups in total. The van der Waals surface area contributed by atoms with Crippen LogP contribution in [0.25, 0.3) is 0 Å². The molecule has 1 amide bonds. The second-order valence-corrected chi connectivity index (χ2v) is 7.85. The van der Waals surface area contributed by atoms with Crippen LogP contribution < -0.4 is 24.8 Å². The molecule has 0 spiro atoms. The van der Waals surface area contributed by atoms with E-state index < -0.39 is 0 Å². The van der Waals surface area contributed by atoms with Gasteiger partial charge in [-0.25, -0.2) is 0 Å². The molecule has 0 bridgehead atoms. The van der Waals surface area contributed by atoms with Crippen molar-refractivity contribution < 1.29 is 19.0 Å². The predicted molar refractivity (Wildman–Crippen MR) is 132 cm³/mol. The maximum absolute atomic E-state index is 12.7. The maximum atomic E-state index is 12.7. The Morgan fingerprint density at radius 2 is 1.74 bits per heavy atom. The first-order valence-corrected chi connectivity index (χ1v) is 10.6. The molecule has 31 heavy (non-hydrogen) atoms. The quantitative estimate of drug-likeness (QED) is 0.311. The van der Waals surface area contributed by atoms with Gasteiger partial charge >= 0.3 is 0 Å². The molecule has 3 rings (SSSR count). The Morgan fingerprint density at radius 1 is 1.10 bits per heavy atom. The van der Waals surface area contributed by atoms with Crippen molar-refractivity contribution in [2.75, 3.05) is 41.5 Å². The topological polar surface area (TPSA) is 84.4 Å². The molecule has 0 aromatic heterocycles. The van der Waals surface area contributed by atoms with Gasteiger partial charge in [0, 0.05) is 38.6 Å². The molecule has 1 aromatic rings. The number of guanidine groups is 1. The number of carbonyl (C=O) groups is 1. The number of aliphatic imine (C=N–C) groups is 1. The van der Waals surface area contributed by atoms with Crippen LogP contribution in [0.5, 0.6) is 17.2 Å². The highest BCUT2D eigenvalue weighted by Gasteiger charge is 2.32.